The maximum atomic E-state index is 5.82. The van der Waals surface area contributed by atoms with Crippen LogP contribution in [0.3, 0.4) is 0 Å². The molecule has 0 bridgehead atoms. The average Bonchev–Trinajstić information content (AvgIpc) is 2.07. The summed E-state index contributed by atoms with van der Waals surface area (Å²) in [5.74, 6) is 0. The molecule has 0 aliphatic heterocycles. The van der Waals surface area contributed by atoms with E-state index in [0.717, 1.165) is 12.1 Å². The molecular weight excluding hydrogens is 158 g/mol. The molecule has 0 aromatic carbocycles. The second kappa shape index (κ2) is 3.82. The van der Waals surface area contributed by atoms with Crippen molar-refractivity contribution in [2.45, 2.75) is 33.6 Å². The first-order chi connectivity index (χ1) is 6.03. The van der Waals surface area contributed by atoms with E-state index in [1.54, 1.807) is 0 Å². The van der Waals surface area contributed by atoms with Crippen molar-refractivity contribution in [3.63, 3.8) is 0 Å². The number of hydrogen-bond donors (Lipinski definition) is 1. The Hall–Kier alpha value is -0.980. The fraction of sp³-hybridized carbons (Fsp3) is 0.500. The predicted octanol–water partition coefficient (Wildman–Crippen LogP) is 3.15. The third-order valence-electron chi connectivity index (χ3n) is 2.51. The lowest BCUT2D eigenvalue weighted by Crippen LogP contribution is -2.10. The first-order valence-electron chi connectivity index (χ1n) is 4.85. The SMILES string of the molecule is C/C=C1/C=C(N)\C=C/C(C)(C)CC1. The van der Waals surface area contributed by atoms with Gasteiger partial charge in [-0.25, -0.2) is 0 Å². The normalized spacial score (nSPS) is 31.6. The largest absolute Gasteiger partial charge is 0.399 e. The van der Waals surface area contributed by atoms with E-state index in [9.17, 15) is 0 Å². The molecule has 72 valence electrons. The van der Waals surface area contributed by atoms with Crippen molar-refractivity contribution in [3.8, 4) is 0 Å². The van der Waals surface area contributed by atoms with Crippen LogP contribution < -0.4 is 5.73 Å². The highest BCUT2D eigenvalue weighted by molar-refractivity contribution is 5.30. The summed E-state index contributed by atoms with van der Waals surface area (Å²) in [5.41, 5.74) is 8.30. The van der Waals surface area contributed by atoms with E-state index in [1.165, 1.54) is 12.0 Å². The summed E-state index contributed by atoms with van der Waals surface area (Å²) in [7, 11) is 0. The molecule has 1 aliphatic rings. The number of allylic oxidation sites excluding steroid dienone is 5. The Balaban J connectivity index is 2.92. The van der Waals surface area contributed by atoms with Gasteiger partial charge in [0.2, 0.25) is 0 Å². The minimum atomic E-state index is 0.271. The minimum absolute atomic E-state index is 0.271. The van der Waals surface area contributed by atoms with Crippen LogP contribution in [0.4, 0.5) is 0 Å². The van der Waals surface area contributed by atoms with E-state index in [-0.39, 0.29) is 5.41 Å². The van der Waals surface area contributed by atoms with Gasteiger partial charge < -0.3 is 5.73 Å². The molecule has 0 atom stereocenters. The smallest absolute Gasteiger partial charge is 0.0313 e. The van der Waals surface area contributed by atoms with E-state index in [4.69, 9.17) is 5.73 Å². The Kier molecular flexibility index (Phi) is 2.97. The quantitative estimate of drug-likeness (QED) is 0.604. The zero-order valence-corrected chi connectivity index (χ0v) is 8.80. The van der Waals surface area contributed by atoms with E-state index < -0.39 is 0 Å². The maximum Gasteiger partial charge on any atom is 0.0313 e. The Morgan fingerprint density at radius 2 is 2.15 bits per heavy atom. The highest BCUT2D eigenvalue weighted by atomic mass is 14.6. The monoisotopic (exact) mass is 177 g/mol. The summed E-state index contributed by atoms with van der Waals surface area (Å²) in [5, 5.41) is 0. The lowest BCUT2D eigenvalue weighted by molar-refractivity contribution is 0.437. The van der Waals surface area contributed by atoms with Gasteiger partial charge in [0.15, 0.2) is 0 Å². The van der Waals surface area contributed by atoms with E-state index >= 15 is 0 Å². The lowest BCUT2D eigenvalue weighted by Gasteiger charge is -2.22. The Morgan fingerprint density at radius 1 is 1.46 bits per heavy atom. The number of nitrogens with two attached hydrogens (primary N) is 1. The van der Waals surface area contributed by atoms with Gasteiger partial charge >= 0.3 is 0 Å². The molecule has 0 unspecified atom stereocenters. The molecule has 0 aromatic heterocycles. The molecule has 0 saturated heterocycles. The number of hydrogen-bond acceptors (Lipinski definition) is 1. The van der Waals surface area contributed by atoms with E-state index in [2.05, 4.69) is 39.0 Å². The molecule has 0 aromatic rings. The maximum absolute atomic E-state index is 5.82. The van der Waals surface area contributed by atoms with Gasteiger partial charge in [0, 0.05) is 5.70 Å². The first-order valence-corrected chi connectivity index (χ1v) is 4.85. The molecule has 2 N–H and O–H groups in total. The lowest BCUT2D eigenvalue weighted by atomic mass is 9.84. The molecular formula is C12H19N. The van der Waals surface area contributed by atoms with Crippen molar-refractivity contribution in [3.05, 3.63) is 35.6 Å². The zero-order chi connectivity index (χ0) is 9.90. The van der Waals surface area contributed by atoms with Crippen molar-refractivity contribution in [1.29, 1.82) is 0 Å². The fourth-order valence-electron chi connectivity index (χ4n) is 1.43. The van der Waals surface area contributed by atoms with Crippen LogP contribution in [0.15, 0.2) is 35.6 Å². The molecule has 13 heavy (non-hydrogen) atoms. The van der Waals surface area contributed by atoms with Gasteiger partial charge in [0.05, 0.1) is 0 Å². The third kappa shape index (κ3) is 3.10. The fourth-order valence-corrected chi connectivity index (χ4v) is 1.43. The molecule has 0 heterocycles. The molecule has 0 amide bonds. The summed E-state index contributed by atoms with van der Waals surface area (Å²) >= 11 is 0. The van der Waals surface area contributed by atoms with Gasteiger partial charge in [0.25, 0.3) is 0 Å². The Morgan fingerprint density at radius 3 is 2.77 bits per heavy atom. The summed E-state index contributed by atoms with van der Waals surface area (Å²) in [4.78, 5) is 0. The van der Waals surface area contributed by atoms with Crippen molar-refractivity contribution < 1.29 is 0 Å². The molecule has 1 rings (SSSR count). The molecule has 1 aliphatic carbocycles. The summed E-state index contributed by atoms with van der Waals surface area (Å²) < 4.78 is 0. The van der Waals surface area contributed by atoms with Gasteiger partial charge in [0.1, 0.15) is 0 Å². The van der Waals surface area contributed by atoms with Crippen molar-refractivity contribution in [1.82, 2.24) is 0 Å². The predicted molar refractivity (Wildman–Crippen MR) is 58.2 cm³/mol. The van der Waals surface area contributed by atoms with Crippen molar-refractivity contribution >= 4 is 0 Å². The minimum Gasteiger partial charge on any atom is -0.399 e. The first kappa shape index (κ1) is 10.1. The zero-order valence-electron chi connectivity index (χ0n) is 8.80. The van der Waals surface area contributed by atoms with E-state index in [1.807, 2.05) is 6.08 Å². The van der Waals surface area contributed by atoms with Gasteiger partial charge in [-0.3, -0.25) is 0 Å². The van der Waals surface area contributed by atoms with Crippen LogP contribution >= 0.6 is 0 Å². The van der Waals surface area contributed by atoms with Crippen molar-refractivity contribution in [2.75, 3.05) is 0 Å². The van der Waals surface area contributed by atoms with Gasteiger partial charge in [-0.05, 0) is 37.3 Å². The second-order valence-corrected chi connectivity index (χ2v) is 4.33. The van der Waals surface area contributed by atoms with E-state index in [0.29, 0.717) is 0 Å². The summed E-state index contributed by atoms with van der Waals surface area (Å²) in [6.07, 6.45) is 10.7. The Bertz CT molecular complexity index is 267. The molecule has 0 radical (unpaired) electrons. The topological polar surface area (TPSA) is 26.0 Å². The van der Waals surface area contributed by atoms with Crippen LogP contribution in [0, 0.1) is 5.41 Å². The van der Waals surface area contributed by atoms with Crippen LogP contribution in [-0.4, -0.2) is 0 Å². The third-order valence-corrected chi connectivity index (χ3v) is 2.51. The second-order valence-electron chi connectivity index (χ2n) is 4.33. The standard InChI is InChI=1S/C12H19N/c1-4-10-5-7-12(2,3)8-6-11(13)9-10/h4,6,8-9H,5,7,13H2,1-3H3/b8-6-,10-4+,11-9+. The van der Waals surface area contributed by atoms with Crippen LogP contribution in [0.2, 0.25) is 0 Å². The molecule has 0 spiro atoms. The molecule has 1 nitrogen and oxygen atoms in total. The highest BCUT2D eigenvalue weighted by Crippen LogP contribution is 2.28. The van der Waals surface area contributed by atoms with Gasteiger partial charge in [-0.15, -0.1) is 0 Å². The van der Waals surface area contributed by atoms with Gasteiger partial charge in [-0.2, -0.15) is 0 Å². The molecule has 1 heteroatoms. The number of rotatable bonds is 0. The van der Waals surface area contributed by atoms with Crippen LogP contribution in [0.25, 0.3) is 0 Å². The summed E-state index contributed by atoms with van der Waals surface area (Å²) in [6.45, 7) is 6.56. The Labute approximate surface area is 81.0 Å². The van der Waals surface area contributed by atoms with Gasteiger partial charge in [-0.1, -0.05) is 31.6 Å². The van der Waals surface area contributed by atoms with Crippen LogP contribution in [0.5, 0.6) is 0 Å². The molecule has 0 saturated carbocycles. The van der Waals surface area contributed by atoms with Crippen LogP contribution in [0.1, 0.15) is 33.6 Å². The molecule has 0 fully saturated rings. The summed E-state index contributed by atoms with van der Waals surface area (Å²) in [6, 6.07) is 0. The highest BCUT2D eigenvalue weighted by Gasteiger charge is 2.15. The average molecular weight is 177 g/mol. The van der Waals surface area contributed by atoms with Crippen molar-refractivity contribution in [2.24, 2.45) is 11.1 Å². The van der Waals surface area contributed by atoms with Crippen LogP contribution in [-0.2, 0) is 0 Å².